The molecule has 1 aromatic heterocycles. The maximum atomic E-state index is 13.2. The molecule has 1 saturated heterocycles. The van der Waals surface area contributed by atoms with Crippen LogP contribution in [0.15, 0.2) is 11.3 Å². The van der Waals surface area contributed by atoms with Crippen LogP contribution in [0.25, 0.3) is 0 Å². The molecule has 1 aromatic rings. The summed E-state index contributed by atoms with van der Waals surface area (Å²) in [5, 5.41) is 3.05. The summed E-state index contributed by atoms with van der Waals surface area (Å²) in [7, 11) is 0.630. The molecule has 0 amide bonds. The number of rotatable bonds is 7. The van der Waals surface area contributed by atoms with Gasteiger partial charge >= 0.3 is 0 Å². The van der Waals surface area contributed by atoms with Crippen molar-refractivity contribution in [3.05, 3.63) is 12.0 Å². The van der Waals surface area contributed by atoms with Crippen molar-refractivity contribution < 1.29 is 13.8 Å². The van der Waals surface area contributed by atoms with Gasteiger partial charge in [0.2, 0.25) is 0 Å². The molecule has 30 heavy (non-hydrogen) atoms. The van der Waals surface area contributed by atoms with Crippen LogP contribution in [0.5, 0.6) is 0 Å². The smallest absolute Gasteiger partial charge is 0.274 e. The van der Waals surface area contributed by atoms with E-state index in [9.17, 15) is 4.57 Å². The van der Waals surface area contributed by atoms with Crippen LogP contribution >= 0.6 is 7.52 Å². The fourth-order valence-electron chi connectivity index (χ4n) is 3.73. The zero-order valence-corrected chi connectivity index (χ0v) is 19.5. The molecule has 3 heterocycles. The highest BCUT2D eigenvalue weighted by atomic mass is 31.2. The first-order valence-electron chi connectivity index (χ1n) is 10.3. The van der Waals surface area contributed by atoms with Gasteiger partial charge in [0.1, 0.15) is 23.9 Å². The Morgan fingerprint density at radius 3 is 2.67 bits per heavy atom. The summed E-state index contributed by atoms with van der Waals surface area (Å²) in [5.41, 5.74) is 12.4. The van der Waals surface area contributed by atoms with Gasteiger partial charge in [0.05, 0.1) is 19.0 Å². The highest BCUT2D eigenvalue weighted by Crippen LogP contribution is 2.53. The van der Waals surface area contributed by atoms with Gasteiger partial charge in [-0.2, -0.15) is 0 Å². The second kappa shape index (κ2) is 8.94. The number of ether oxygens (including phenoxy) is 1. The maximum Gasteiger partial charge on any atom is 0.274 e. The molecule has 0 aliphatic carbocycles. The van der Waals surface area contributed by atoms with Gasteiger partial charge in [0, 0.05) is 24.8 Å². The minimum Gasteiger partial charge on any atom is -0.370 e. The predicted molar refractivity (Wildman–Crippen MR) is 117 cm³/mol. The van der Waals surface area contributed by atoms with Crippen LogP contribution in [0, 0.1) is 0 Å². The Balaban J connectivity index is 1.80. The molecule has 2 unspecified atom stereocenters. The number of aliphatic imine (C=N–C) groups is 1. The number of imidazole rings is 1. The van der Waals surface area contributed by atoms with Crippen LogP contribution < -0.4 is 16.8 Å². The number of fused-ring (bicyclic) bond motifs is 1. The molecule has 2 aliphatic heterocycles. The van der Waals surface area contributed by atoms with E-state index in [0.717, 1.165) is 0 Å². The number of nitrogens with one attached hydrogen (secondary N) is 1. The number of nitrogens with two attached hydrogens (primary N) is 2. The van der Waals surface area contributed by atoms with Crippen LogP contribution in [0.3, 0.4) is 0 Å². The van der Waals surface area contributed by atoms with E-state index in [1.165, 1.54) is 0 Å². The molecule has 170 valence electrons. The van der Waals surface area contributed by atoms with Crippen LogP contribution in [0.1, 0.15) is 45.8 Å². The summed E-state index contributed by atoms with van der Waals surface area (Å²) in [6, 6.07) is 0.311. The topological polar surface area (TPSA) is 136 Å². The molecule has 12 heteroatoms. The summed E-state index contributed by atoms with van der Waals surface area (Å²) in [6.45, 7) is 9.69. The molecule has 2 aliphatic rings. The number of hydrogen-bond acceptors (Lipinski definition) is 9. The van der Waals surface area contributed by atoms with Gasteiger partial charge in [0.25, 0.3) is 7.52 Å². The molecule has 3 rings (SSSR count). The number of hydrogen-bond donors (Lipinski definition) is 3. The lowest BCUT2D eigenvalue weighted by Crippen LogP contribution is -2.50. The zero-order chi connectivity index (χ0) is 22.2. The fraction of sp³-hybridized carbons (Fsp3) is 0.778. The minimum atomic E-state index is -2.93. The van der Waals surface area contributed by atoms with E-state index in [1.54, 1.807) is 25.1 Å². The molecular formula is C18H35N8O3P. The van der Waals surface area contributed by atoms with Crippen molar-refractivity contribution in [3.8, 4) is 0 Å². The first-order valence-corrected chi connectivity index (χ1v) is 11.9. The van der Waals surface area contributed by atoms with Crippen molar-refractivity contribution in [2.75, 3.05) is 39.1 Å². The lowest BCUT2D eigenvalue weighted by atomic mass is 10.2. The van der Waals surface area contributed by atoms with Crippen molar-refractivity contribution >= 4 is 19.3 Å². The second-order valence-corrected chi connectivity index (χ2v) is 11.8. The number of anilines is 1. The monoisotopic (exact) mass is 442 g/mol. The highest BCUT2D eigenvalue weighted by Gasteiger charge is 2.36. The number of nitrogens with zero attached hydrogens (tertiary/aromatic N) is 5. The van der Waals surface area contributed by atoms with Gasteiger partial charge in [-0.15, -0.1) is 0 Å². The fourth-order valence-corrected chi connectivity index (χ4v) is 5.56. The number of guanidine groups is 1. The molecule has 0 radical (unpaired) electrons. The Bertz CT molecular complexity index is 812. The summed E-state index contributed by atoms with van der Waals surface area (Å²) in [5.74, 6) is 0.934. The molecule has 1 fully saturated rings. The Hall–Kier alpha value is -1.49. The second-order valence-electron chi connectivity index (χ2n) is 8.53. The largest absolute Gasteiger partial charge is 0.370 e. The molecule has 0 spiro atoms. The molecule has 11 nitrogen and oxygen atoms in total. The van der Waals surface area contributed by atoms with Gasteiger partial charge in [0.15, 0.2) is 5.96 Å². The Morgan fingerprint density at radius 1 is 1.37 bits per heavy atom. The third-order valence-electron chi connectivity index (χ3n) is 5.50. The van der Waals surface area contributed by atoms with Gasteiger partial charge in [-0.1, -0.05) is 13.8 Å². The zero-order valence-electron chi connectivity index (χ0n) is 18.6. The van der Waals surface area contributed by atoms with Crippen molar-refractivity contribution in [1.29, 1.82) is 0 Å². The highest BCUT2D eigenvalue weighted by molar-refractivity contribution is 7.57. The van der Waals surface area contributed by atoms with Crippen molar-refractivity contribution in [3.63, 3.8) is 0 Å². The average Bonchev–Trinajstić information content (AvgIpc) is 3.09. The van der Waals surface area contributed by atoms with Gasteiger partial charge in [-0.05, 0) is 27.9 Å². The molecular weight excluding hydrogens is 407 g/mol. The van der Waals surface area contributed by atoms with Crippen LogP contribution in [0.2, 0.25) is 0 Å². The van der Waals surface area contributed by atoms with E-state index in [1.807, 2.05) is 18.4 Å². The van der Waals surface area contributed by atoms with Gasteiger partial charge in [-0.25, -0.2) is 14.6 Å². The first-order chi connectivity index (χ1) is 14.0. The van der Waals surface area contributed by atoms with E-state index in [-0.39, 0.29) is 30.6 Å². The minimum absolute atomic E-state index is 0.110. The summed E-state index contributed by atoms with van der Waals surface area (Å²) >= 11 is 0. The van der Waals surface area contributed by atoms with Crippen LogP contribution in [0.4, 0.5) is 5.82 Å². The van der Waals surface area contributed by atoms with Crippen molar-refractivity contribution in [1.82, 2.24) is 19.1 Å². The lowest BCUT2D eigenvalue weighted by molar-refractivity contribution is -0.137. The quantitative estimate of drug-likeness (QED) is 0.535. The maximum absolute atomic E-state index is 13.2. The SMILES string of the molecule is CC(C)N1C[C@@H](COP(=O)(C(C)C)N(C)C)O[C@@H](n2cnc3c2NC(N)=NC3N)C1. The van der Waals surface area contributed by atoms with E-state index in [0.29, 0.717) is 30.6 Å². The third-order valence-corrected chi connectivity index (χ3v) is 8.44. The summed E-state index contributed by atoms with van der Waals surface area (Å²) < 4.78 is 29.1. The van der Waals surface area contributed by atoms with E-state index in [4.69, 9.17) is 20.7 Å². The molecule has 0 bridgehead atoms. The molecule has 5 N–H and O–H groups in total. The molecule has 0 saturated carbocycles. The summed E-state index contributed by atoms with van der Waals surface area (Å²) in [6.07, 6.45) is 0.508. The lowest BCUT2D eigenvalue weighted by Gasteiger charge is -2.41. The standard InChI is InChI=1S/C18H35N8O3P/c1-11(2)25-7-13(9-28-30(27,12(3)4)24(5)6)29-14(8-25)26-10-21-15-16(19)22-18(20)23-17(15)26/h10-14,16H,7-9,19H2,1-6H3,(H3,20,22,23)/t13-,14+,16?,30?/m0/s1. The van der Waals surface area contributed by atoms with Gasteiger partial charge < -0.3 is 26.0 Å². The van der Waals surface area contributed by atoms with Crippen LogP contribution in [-0.2, 0) is 13.8 Å². The van der Waals surface area contributed by atoms with Crippen molar-refractivity contribution in [2.45, 2.75) is 57.9 Å². The third kappa shape index (κ3) is 4.56. The van der Waals surface area contributed by atoms with E-state index >= 15 is 0 Å². The molecule has 0 aromatic carbocycles. The van der Waals surface area contributed by atoms with Gasteiger partial charge in [-0.3, -0.25) is 14.0 Å². The number of morpholine rings is 1. The van der Waals surface area contributed by atoms with E-state index < -0.39 is 13.7 Å². The Kier molecular flexibility index (Phi) is 6.91. The first kappa shape index (κ1) is 23.2. The Morgan fingerprint density at radius 2 is 2.07 bits per heavy atom. The number of aromatic nitrogens is 2. The van der Waals surface area contributed by atoms with Crippen LogP contribution in [-0.4, -0.2) is 76.7 Å². The normalized spacial score (nSPS) is 27.1. The predicted octanol–water partition coefficient (Wildman–Crippen LogP) is 1.37. The molecule has 4 atom stereocenters. The Labute approximate surface area is 178 Å². The van der Waals surface area contributed by atoms with E-state index in [2.05, 4.69) is 34.0 Å². The average molecular weight is 443 g/mol. The summed E-state index contributed by atoms with van der Waals surface area (Å²) in [4.78, 5) is 10.8. The van der Waals surface area contributed by atoms with Crippen molar-refractivity contribution in [2.24, 2.45) is 16.5 Å².